The van der Waals surface area contributed by atoms with Crippen molar-refractivity contribution in [2.75, 3.05) is 6.54 Å². The van der Waals surface area contributed by atoms with Crippen molar-refractivity contribution in [2.45, 2.75) is 44.6 Å². The Hall–Kier alpha value is -0.0900. The summed E-state index contributed by atoms with van der Waals surface area (Å²) in [6.45, 7) is 0.531. The molecule has 1 aliphatic carbocycles. The van der Waals surface area contributed by atoms with Gasteiger partial charge in [0.25, 0.3) is 0 Å². The molecule has 0 spiro atoms. The van der Waals surface area contributed by atoms with Gasteiger partial charge in [0.15, 0.2) is 0 Å². The van der Waals surface area contributed by atoms with Gasteiger partial charge in [-0.2, -0.15) is 0 Å². The molecule has 0 radical (unpaired) electrons. The Labute approximate surface area is 128 Å². The SMILES string of the molecule is NCC1(C(O)c2ccc(Cl)cc2Br)CCCCCC1. The van der Waals surface area contributed by atoms with Gasteiger partial charge in [-0.3, -0.25) is 0 Å². The molecule has 1 atom stereocenters. The van der Waals surface area contributed by atoms with E-state index in [0.29, 0.717) is 11.6 Å². The summed E-state index contributed by atoms with van der Waals surface area (Å²) in [5.74, 6) is 0. The van der Waals surface area contributed by atoms with Crippen LogP contribution in [0.3, 0.4) is 0 Å². The fraction of sp³-hybridized carbons (Fsp3) is 0.600. The lowest BCUT2D eigenvalue weighted by atomic mass is 9.73. The Morgan fingerprint density at radius 2 is 1.89 bits per heavy atom. The van der Waals surface area contributed by atoms with Gasteiger partial charge in [0.1, 0.15) is 0 Å². The van der Waals surface area contributed by atoms with Gasteiger partial charge in [-0.25, -0.2) is 0 Å². The monoisotopic (exact) mass is 345 g/mol. The molecule has 3 N–H and O–H groups in total. The number of nitrogens with two attached hydrogens (primary N) is 1. The molecule has 0 aliphatic heterocycles. The normalized spacial score (nSPS) is 20.8. The number of hydrogen-bond acceptors (Lipinski definition) is 2. The topological polar surface area (TPSA) is 46.2 Å². The molecule has 1 aliphatic rings. The van der Waals surface area contributed by atoms with E-state index < -0.39 is 6.10 Å². The maximum Gasteiger partial charge on any atom is 0.0869 e. The summed E-state index contributed by atoms with van der Waals surface area (Å²) >= 11 is 9.47. The molecule has 4 heteroatoms. The van der Waals surface area contributed by atoms with E-state index in [-0.39, 0.29) is 5.41 Å². The molecule has 0 amide bonds. The molecule has 0 saturated heterocycles. The number of halogens is 2. The minimum Gasteiger partial charge on any atom is -0.388 e. The van der Waals surface area contributed by atoms with Gasteiger partial charge in [-0.15, -0.1) is 0 Å². The van der Waals surface area contributed by atoms with Crippen LogP contribution in [-0.2, 0) is 0 Å². The highest BCUT2D eigenvalue weighted by Crippen LogP contribution is 2.46. The quantitative estimate of drug-likeness (QED) is 0.795. The first-order valence-corrected chi connectivity index (χ1v) is 8.09. The third-order valence-electron chi connectivity index (χ3n) is 4.34. The molecule has 1 fully saturated rings. The minimum absolute atomic E-state index is 0.188. The van der Waals surface area contributed by atoms with Gasteiger partial charge in [0.05, 0.1) is 6.10 Å². The van der Waals surface area contributed by atoms with Crippen molar-refractivity contribution in [3.63, 3.8) is 0 Å². The first-order valence-electron chi connectivity index (χ1n) is 6.92. The lowest BCUT2D eigenvalue weighted by Crippen LogP contribution is -2.36. The van der Waals surface area contributed by atoms with Crippen molar-refractivity contribution in [2.24, 2.45) is 11.1 Å². The third-order valence-corrected chi connectivity index (χ3v) is 5.26. The van der Waals surface area contributed by atoms with Gasteiger partial charge < -0.3 is 10.8 Å². The first kappa shape index (κ1) is 15.3. The van der Waals surface area contributed by atoms with Crippen molar-refractivity contribution in [1.82, 2.24) is 0 Å². The van der Waals surface area contributed by atoms with E-state index in [1.54, 1.807) is 0 Å². The first-order chi connectivity index (χ1) is 9.09. The predicted octanol–water partition coefficient (Wildman–Crippen LogP) is 4.44. The van der Waals surface area contributed by atoms with Crippen LogP contribution in [0, 0.1) is 5.41 Å². The fourth-order valence-corrected chi connectivity index (χ4v) is 3.97. The van der Waals surface area contributed by atoms with Crippen molar-refractivity contribution >= 4 is 27.5 Å². The molecule has 106 valence electrons. The molecule has 2 rings (SSSR count). The summed E-state index contributed by atoms with van der Waals surface area (Å²) in [4.78, 5) is 0. The van der Waals surface area contributed by atoms with E-state index in [1.807, 2.05) is 18.2 Å². The van der Waals surface area contributed by atoms with Crippen molar-refractivity contribution in [3.8, 4) is 0 Å². The zero-order chi connectivity index (χ0) is 13.9. The molecule has 19 heavy (non-hydrogen) atoms. The van der Waals surface area contributed by atoms with E-state index in [0.717, 1.165) is 35.7 Å². The Balaban J connectivity index is 2.31. The smallest absolute Gasteiger partial charge is 0.0869 e. The Bertz CT molecular complexity index is 430. The van der Waals surface area contributed by atoms with Crippen LogP contribution in [0.25, 0.3) is 0 Å². The summed E-state index contributed by atoms with van der Waals surface area (Å²) in [6, 6.07) is 5.56. The molecule has 1 aromatic rings. The van der Waals surface area contributed by atoms with Crippen LogP contribution in [-0.4, -0.2) is 11.7 Å². The van der Waals surface area contributed by atoms with Crippen LogP contribution in [0.5, 0.6) is 0 Å². The molecular formula is C15H21BrClNO. The summed E-state index contributed by atoms with van der Waals surface area (Å²) in [5.41, 5.74) is 6.74. The second-order valence-electron chi connectivity index (χ2n) is 5.55. The van der Waals surface area contributed by atoms with E-state index in [9.17, 15) is 5.11 Å². The van der Waals surface area contributed by atoms with Gasteiger partial charge >= 0.3 is 0 Å². The highest BCUT2D eigenvalue weighted by Gasteiger charge is 2.38. The number of rotatable bonds is 3. The van der Waals surface area contributed by atoms with E-state index in [4.69, 9.17) is 17.3 Å². The standard InChI is InChI=1S/C15H21BrClNO/c16-13-9-11(17)5-6-12(13)14(19)15(10-18)7-3-1-2-4-8-15/h5-6,9,14,19H,1-4,7-8,10,18H2. The van der Waals surface area contributed by atoms with Gasteiger partial charge in [0.2, 0.25) is 0 Å². The summed E-state index contributed by atoms with van der Waals surface area (Å²) in [7, 11) is 0. The average molecular weight is 347 g/mol. The van der Waals surface area contributed by atoms with Crippen LogP contribution in [0.1, 0.15) is 50.2 Å². The van der Waals surface area contributed by atoms with Crippen molar-refractivity contribution in [1.29, 1.82) is 0 Å². The summed E-state index contributed by atoms with van der Waals surface area (Å²) < 4.78 is 0.865. The van der Waals surface area contributed by atoms with Gasteiger partial charge in [0, 0.05) is 21.5 Å². The molecule has 0 heterocycles. The molecule has 1 unspecified atom stereocenters. The van der Waals surface area contributed by atoms with Gasteiger partial charge in [-0.05, 0) is 30.5 Å². The second-order valence-corrected chi connectivity index (χ2v) is 6.84. The van der Waals surface area contributed by atoms with Crippen LogP contribution < -0.4 is 5.73 Å². The molecule has 1 aromatic carbocycles. The average Bonchev–Trinajstić information content (AvgIpc) is 2.64. The van der Waals surface area contributed by atoms with E-state index in [2.05, 4.69) is 15.9 Å². The number of aliphatic hydroxyl groups is 1. The fourth-order valence-electron chi connectivity index (χ4n) is 3.07. The minimum atomic E-state index is -0.526. The Morgan fingerprint density at radius 3 is 2.42 bits per heavy atom. The number of benzene rings is 1. The highest BCUT2D eigenvalue weighted by atomic mass is 79.9. The molecule has 2 nitrogen and oxygen atoms in total. The van der Waals surface area contributed by atoms with Crippen LogP contribution >= 0.6 is 27.5 Å². The molecular weight excluding hydrogens is 326 g/mol. The van der Waals surface area contributed by atoms with E-state index >= 15 is 0 Å². The lowest BCUT2D eigenvalue weighted by molar-refractivity contribution is 0.0161. The van der Waals surface area contributed by atoms with Crippen LogP contribution in [0.2, 0.25) is 5.02 Å². The second kappa shape index (κ2) is 6.57. The third kappa shape index (κ3) is 3.33. The zero-order valence-electron chi connectivity index (χ0n) is 11.0. The van der Waals surface area contributed by atoms with Crippen molar-refractivity contribution in [3.05, 3.63) is 33.3 Å². The highest BCUT2D eigenvalue weighted by molar-refractivity contribution is 9.10. The zero-order valence-corrected chi connectivity index (χ0v) is 13.4. The Kier molecular flexibility index (Phi) is 5.29. The largest absolute Gasteiger partial charge is 0.388 e. The number of aliphatic hydroxyl groups excluding tert-OH is 1. The van der Waals surface area contributed by atoms with Crippen molar-refractivity contribution < 1.29 is 5.11 Å². The molecule has 0 bridgehead atoms. The summed E-state index contributed by atoms with van der Waals surface area (Å²) in [6.07, 6.45) is 6.27. The van der Waals surface area contributed by atoms with Gasteiger partial charge in [-0.1, -0.05) is 59.3 Å². The lowest BCUT2D eigenvalue weighted by Gasteiger charge is -2.37. The summed E-state index contributed by atoms with van der Waals surface area (Å²) in [5, 5.41) is 11.5. The number of hydrogen-bond donors (Lipinski definition) is 2. The van der Waals surface area contributed by atoms with Crippen LogP contribution in [0.15, 0.2) is 22.7 Å². The predicted molar refractivity (Wildman–Crippen MR) is 83.3 cm³/mol. The van der Waals surface area contributed by atoms with E-state index in [1.165, 1.54) is 12.8 Å². The van der Waals surface area contributed by atoms with Crippen LogP contribution in [0.4, 0.5) is 0 Å². The molecule has 1 saturated carbocycles. The maximum absolute atomic E-state index is 10.8. The molecule has 0 aromatic heterocycles. The Morgan fingerprint density at radius 1 is 1.26 bits per heavy atom. The maximum atomic E-state index is 10.8.